The highest BCUT2D eigenvalue weighted by molar-refractivity contribution is 7.90. The lowest BCUT2D eigenvalue weighted by Crippen LogP contribution is -2.43. The van der Waals surface area contributed by atoms with Crippen LogP contribution in [0.3, 0.4) is 0 Å². The molecule has 0 bridgehead atoms. The largest absolute Gasteiger partial charge is 0.369 e. The van der Waals surface area contributed by atoms with Crippen molar-refractivity contribution in [3.63, 3.8) is 0 Å². The van der Waals surface area contributed by atoms with Crippen LogP contribution in [-0.4, -0.2) is 108 Å². The van der Waals surface area contributed by atoms with Gasteiger partial charge in [0, 0.05) is 91.2 Å². The summed E-state index contributed by atoms with van der Waals surface area (Å²) >= 11 is 0. The lowest BCUT2D eigenvalue weighted by molar-refractivity contribution is 0.0642. The zero-order chi connectivity index (χ0) is 41.5. The zero-order valence-electron chi connectivity index (χ0n) is 34.6. The smallest absolute Gasteiger partial charge is 0.254 e. The number of fused-ring (bicyclic) bond motifs is 2. The topological polar surface area (TPSA) is 138 Å². The molecular formula is C44H57FN8O4S. The Morgan fingerprint density at radius 3 is 2.41 bits per heavy atom. The van der Waals surface area contributed by atoms with Gasteiger partial charge in [0.1, 0.15) is 17.6 Å². The van der Waals surface area contributed by atoms with Gasteiger partial charge in [-0.1, -0.05) is 12.1 Å². The number of nitrogens with one attached hydrogen (secondary N) is 2. The number of rotatable bonds is 13. The summed E-state index contributed by atoms with van der Waals surface area (Å²) in [5.41, 5.74) is 6.16. The van der Waals surface area contributed by atoms with Crippen molar-refractivity contribution in [2.45, 2.75) is 96.8 Å². The maximum absolute atomic E-state index is 14.6. The predicted octanol–water partition coefficient (Wildman–Crippen LogP) is 5.22. The van der Waals surface area contributed by atoms with Crippen LogP contribution >= 0.6 is 0 Å². The molecule has 5 heterocycles. The Morgan fingerprint density at radius 2 is 1.72 bits per heavy atom. The minimum absolute atomic E-state index is 0.0765. The van der Waals surface area contributed by atoms with Crippen LogP contribution in [0.2, 0.25) is 0 Å². The summed E-state index contributed by atoms with van der Waals surface area (Å²) in [6.45, 7) is 16.1. The first kappa shape index (κ1) is 41.6. The number of likely N-dealkylation sites (tertiary alicyclic amines) is 2. The van der Waals surface area contributed by atoms with Gasteiger partial charge < -0.3 is 24.3 Å². The second-order valence-electron chi connectivity index (χ2n) is 16.9. The Balaban J connectivity index is 1.06. The van der Waals surface area contributed by atoms with E-state index in [9.17, 15) is 27.7 Å². The van der Waals surface area contributed by atoms with Crippen LogP contribution in [0.15, 0.2) is 53.5 Å². The van der Waals surface area contributed by atoms with Gasteiger partial charge >= 0.3 is 0 Å². The van der Waals surface area contributed by atoms with Gasteiger partial charge in [-0.25, -0.2) is 17.5 Å². The van der Waals surface area contributed by atoms with Crippen LogP contribution in [0, 0.1) is 30.0 Å². The monoisotopic (exact) mass is 812 g/mol. The molecule has 2 atom stereocenters. The average Bonchev–Trinajstić information content (AvgIpc) is 3.90. The van der Waals surface area contributed by atoms with Gasteiger partial charge in [0.25, 0.3) is 11.5 Å². The van der Waals surface area contributed by atoms with E-state index in [0.717, 1.165) is 55.7 Å². The van der Waals surface area contributed by atoms with E-state index in [1.807, 2.05) is 39.8 Å². The summed E-state index contributed by atoms with van der Waals surface area (Å²) in [6, 6.07) is 15.1. The fourth-order valence-electron chi connectivity index (χ4n) is 9.80. The molecule has 310 valence electrons. The Morgan fingerprint density at radius 1 is 1.00 bits per heavy atom. The number of amides is 1. The van der Waals surface area contributed by atoms with Crippen LogP contribution in [-0.2, 0) is 29.5 Å². The molecule has 0 radical (unpaired) electrons. The van der Waals surface area contributed by atoms with Gasteiger partial charge in [0.15, 0.2) is 0 Å². The van der Waals surface area contributed by atoms with E-state index in [2.05, 4.69) is 54.1 Å². The number of H-pyrrole nitrogens is 1. The highest BCUT2D eigenvalue weighted by Crippen LogP contribution is 2.37. The number of piperidine rings is 1. The number of halogens is 1. The summed E-state index contributed by atoms with van der Waals surface area (Å²) in [4.78, 5) is 39.1. The summed E-state index contributed by atoms with van der Waals surface area (Å²) in [7, 11) is -1.80. The molecule has 58 heavy (non-hydrogen) atoms. The van der Waals surface area contributed by atoms with E-state index in [0.29, 0.717) is 61.3 Å². The van der Waals surface area contributed by atoms with Gasteiger partial charge in [0.2, 0.25) is 10.0 Å². The molecule has 4 aromatic rings. The maximum atomic E-state index is 14.6. The number of aromatic amines is 1. The fraction of sp³-hybridized carbons (Fsp3) is 0.523. The lowest BCUT2D eigenvalue weighted by atomic mass is 9.97. The fourth-order valence-corrected chi connectivity index (χ4v) is 11.0. The minimum Gasteiger partial charge on any atom is -0.369 e. The Labute approximate surface area is 341 Å². The molecule has 2 aromatic carbocycles. The molecule has 3 fully saturated rings. The molecule has 2 aromatic heterocycles. The number of hydrogen-bond donors (Lipinski definition) is 2. The number of nitrogens with zero attached hydrogens (tertiary/aromatic N) is 6. The third kappa shape index (κ3) is 8.19. The molecule has 12 nitrogen and oxygen atoms in total. The standard InChI is InChI=1S/C44H57FN8O4S/c1-28(2)53(29(3)4)44(55)38-22-34(45)9-7-31(38)21-39-40(11-15-48-43(39)54)51-26-33-12-18-50(42(33)27-51)25-32-8-10-41-37(30(32)5)23-35(24-46)52(41)20-19-49-16-13-36(14-17-49)58(56,57)47-6/h7-11,15,22-23,28-29,33,36,42,47H,12-14,16-21,25-27H2,1-6H3,(H,48,54). The Hall–Kier alpha value is -4.55. The highest BCUT2D eigenvalue weighted by Gasteiger charge is 2.42. The first-order valence-electron chi connectivity index (χ1n) is 20.7. The summed E-state index contributed by atoms with van der Waals surface area (Å²) in [5.74, 6) is -0.300. The molecule has 3 aliphatic rings. The third-order valence-corrected chi connectivity index (χ3v) is 14.8. The van der Waals surface area contributed by atoms with Crippen molar-refractivity contribution in [3.8, 4) is 6.07 Å². The van der Waals surface area contributed by atoms with Gasteiger partial charge in [-0.3, -0.25) is 14.5 Å². The van der Waals surface area contributed by atoms with Gasteiger partial charge in [-0.2, -0.15) is 5.26 Å². The number of aryl methyl sites for hydroxylation is 1. The zero-order valence-corrected chi connectivity index (χ0v) is 35.4. The molecule has 2 unspecified atom stereocenters. The number of anilines is 1. The Kier molecular flexibility index (Phi) is 12.2. The number of benzene rings is 2. The molecule has 1 amide bonds. The summed E-state index contributed by atoms with van der Waals surface area (Å²) in [6.07, 6.45) is 4.13. The number of pyridine rings is 1. The van der Waals surface area contributed by atoms with E-state index in [1.54, 1.807) is 17.2 Å². The molecule has 0 aliphatic carbocycles. The second kappa shape index (κ2) is 17.0. The lowest BCUT2D eigenvalue weighted by Gasteiger charge is -2.31. The van der Waals surface area contributed by atoms with Crippen LogP contribution < -0.4 is 15.2 Å². The van der Waals surface area contributed by atoms with Gasteiger partial charge in [-0.15, -0.1) is 0 Å². The molecule has 7 rings (SSSR count). The quantitative estimate of drug-likeness (QED) is 0.188. The van der Waals surface area contributed by atoms with E-state index in [1.165, 1.54) is 30.3 Å². The average molecular weight is 813 g/mol. The minimum atomic E-state index is -3.27. The maximum Gasteiger partial charge on any atom is 0.254 e. The van der Waals surface area contributed by atoms with E-state index in [-0.39, 0.29) is 40.8 Å². The number of sulfonamides is 1. The number of carbonyl (C=O) groups excluding carboxylic acids is 1. The highest BCUT2D eigenvalue weighted by atomic mass is 32.2. The van der Waals surface area contributed by atoms with Crippen LogP contribution in [0.1, 0.15) is 85.3 Å². The molecule has 3 aliphatic heterocycles. The third-order valence-electron chi connectivity index (χ3n) is 12.9. The normalized spacial score (nSPS) is 19.4. The number of nitriles is 1. The van der Waals surface area contributed by atoms with Crippen LogP contribution in [0.4, 0.5) is 10.1 Å². The molecule has 2 N–H and O–H groups in total. The molecule has 3 saturated heterocycles. The van der Waals surface area contributed by atoms with Crippen molar-refractivity contribution in [3.05, 3.63) is 98.3 Å². The molecule has 14 heteroatoms. The first-order valence-corrected chi connectivity index (χ1v) is 22.2. The van der Waals surface area contributed by atoms with E-state index < -0.39 is 15.8 Å². The van der Waals surface area contributed by atoms with E-state index >= 15 is 0 Å². The Bertz CT molecular complexity index is 2370. The van der Waals surface area contributed by atoms with Crippen molar-refractivity contribution >= 4 is 32.5 Å². The van der Waals surface area contributed by atoms with Crippen molar-refractivity contribution in [1.82, 2.24) is 29.0 Å². The molecule has 0 saturated carbocycles. The van der Waals surface area contributed by atoms with Crippen molar-refractivity contribution < 1.29 is 17.6 Å². The molecular weight excluding hydrogens is 756 g/mol. The summed E-state index contributed by atoms with van der Waals surface area (Å²) < 4.78 is 43.8. The van der Waals surface area contributed by atoms with Crippen LogP contribution in [0.25, 0.3) is 10.9 Å². The predicted molar refractivity (Wildman–Crippen MR) is 226 cm³/mol. The van der Waals surface area contributed by atoms with Gasteiger partial charge in [-0.05, 0) is 134 Å². The number of hydrogen-bond acceptors (Lipinski definition) is 8. The van der Waals surface area contributed by atoms with Gasteiger partial charge in [0.05, 0.1) is 5.25 Å². The number of carbonyl (C=O) groups is 1. The van der Waals surface area contributed by atoms with Crippen molar-refractivity contribution in [2.24, 2.45) is 5.92 Å². The SMILES string of the molecule is CNS(=O)(=O)C1CCN(CCn2c(C#N)cc3c(C)c(CN4CCC5CN(c6cc[nH]c(=O)c6Cc6ccc(F)cc6C(=O)N(C(C)C)C(C)C)CC54)ccc32)CC1. The number of aromatic nitrogens is 2. The van der Waals surface area contributed by atoms with Crippen molar-refractivity contribution in [2.75, 3.05) is 51.2 Å². The van der Waals surface area contributed by atoms with E-state index in [4.69, 9.17) is 0 Å². The summed E-state index contributed by atoms with van der Waals surface area (Å²) in [5, 5.41) is 10.8. The molecule has 0 spiro atoms. The second-order valence-corrected chi connectivity index (χ2v) is 19.1. The van der Waals surface area contributed by atoms with Crippen molar-refractivity contribution in [1.29, 1.82) is 5.26 Å². The van der Waals surface area contributed by atoms with Crippen LogP contribution in [0.5, 0.6) is 0 Å². The first-order chi connectivity index (χ1) is 27.7.